The van der Waals surface area contributed by atoms with Gasteiger partial charge in [0, 0.05) is 18.7 Å². The topological polar surface area (TPSA) is 29.5 Å². The molecule has 3 nitrogen and oxygen atoms in total. The van der Waals surface area contributed by atoms with Crippen LogP contribution >= 0.6 is 0 Å². The van der Waals surface area contributed by atoms with E-state index in [2.05, 4.69) is 13.0 Å². The molecule has 0 unspecified atom stereocenters. The number of hydrogen-bond donors (Lipinski definition) is 0. The normalized spacial score (nSPS) is 14.6. The lowest BCUT2D eigenvalue weighted by Crippen LogP contribution is -2.35. The molecule has 1 fully saturated rings. The van der Waals surface area contributed by atoms with Crippen molar-refractivity contribution in [2.24, 2.45) is 0 Å². The number of methoxy groups -OCH3 is 1. The molecule has 0 spiro atoms. The van der Waals surface area contributed by atoms with E-state index in [1.54, 1.807) is 7.11 Å². The van der Waals surface area contributed by atoms with Crippen LogP contribution in [-0.2, 0) is 0 Å². The number of hydrogen-bond acceptors (Lipinski definition) is 2. The zero-order chi connectivity index (χ0) is 16.2. The van der Waals surface area contributed by atoms with Crippen molar-refractivity contribution in [3.8, 4) is 16.9 Å². The summed E-state index contributed by atoms with van der Waals surface area (Å²) < 4.78 is 5.25. The molecule has 0 saturated carbocycles. The Morgan fingerprint density at radius 1 is 1.00 bits per heavy atom. The standard InChI is InChI=1S/C20H23NO2/c1-15-14-18(23-2)10-11-19(15)16-6-8-17(9-7-16)20(22)21-12-4-3-5-13-21/h6-11,14H,3-5,12-13H2,1-2H3. The second kappa shape index (κ2) is 6.86. The molecule has 1 amide bonds. The minimum Gasteiger partial charge on any atom is -0.497 e. The van der Waals surface area contributed by atoms with Crippen LogP contribution in [0.15, 0.2) is 42.5 Å². The van der Waals surface area contributed by atoms with Crippen molar-refractivity contribution in [2.45, 2.75) is 26.2 Å². The number of likely N-dealkylation sites (tertiary alicyclic amines) is 1. The number of carbonyl (C=O) groups excluding carboxylic acids is 1. The van der Waals surface area contributed by atoms with Crippen molar-refractivity contribution in [3.05, 3.63) is 53.6 Å². The molecule has 1 heterocycles. The van der Waals surface area contributed by atoms with E-state index in [0.717, 1.165) is 42.8 Å². The van der Waals surface area contributed by atoms with Gasteiger partial charge in [-0.15, -0.1) is 0 Å². The Balaban J connectivity index is 1.80. The van der Waals surface area contributed by atoms with E-state index in [0.29, 0.717) is 0 Å². The number of ether oxygens (including phenoxy) is 1. The zero-order valence-electron chi connectivity index (χ0n) is 13.8. The smallest absolute Gasteiger partial charge is 0.253 e. The molecule has 2 aromatic rings. The van der Waals surface area contributed by atoms with Gasteiger partial charge < -0.3 is 9.64 Å². The van der Waals surface area contributed by atoms with Gasteiger partial charge in [0.15, 0.2) is 0 Å². The van der Waals surface area contributed by atoms with Gasteiger partial charge in [-0.3, -0.25) is 4.79 Å². The summed E-state index contributed by atoms with van der Waals surface area (Å²) in [7, 11) is 1.68. The SMILES string of the molecule is COc1ccc(-c2ccc(C(=O)N3CCCCC3)cc2)c(C)c1. The van der Waals surface area contributed by atoms with Crippen LogP contribution in [0.5, 0.6) is 5.75 Å². The number of nitrogens with zero attached hydrogens (tertiary/aromatic N) is 1. The maximum Gasteiger partial charge on any atom is 0.253 e. The van der Waals surface area contributed by atoms with Gasteiger partial charge in [0.05, 0.1) is 7.11 Å². The van der Waals surface area contributed by atoms with Crippen molar-refractivity contribution >= 4 is 5.91 Å². The molecule has 1 aliphatic rings. The average Bonchev–Trinajstić information content (AvgIpc) is 2.62. The number of carbonyl (C=O) groups is 1. The van der Waals surface area contributed by atoms with Crippen molar-refractivity contribution in [3.63, 3.8) is 0 Å². The van der Waals surface area contributed by atoms with Crippen molar-refractivity contribution in [1.82, 2.24) is 4.90 Å². The van der Waals surface area contributed by atoms with E-state index in [4.69, 9.17) is 4.74 Å². The number of piperidine rings is 1. The van der Waals surface area contributed by atoms with Crippen LogP contribution in [0.2, 0.25) is 0 Å². The van der Waals surface area contributed by atoms with Crippen molar-refractivity contribution in [2.75, 3.05) is 20.2 Å². The molecule has 0 radical (unpaired) electrons. The van der Waals surface area contributed by atoms with E-state index < -0.39 is 0 Å². The quantitative estimate of drug-likeness (QED) is 0.846. The van der Waals surface area contributed by atoms with Crippen molar-refractivity contribution < 1.29 is 9.53 Å². The molecular formula is C20H23NO2. The minimum absolute atomic E-state index is 0.155. The maximum atomic E-state index is 12.5. The lowest BCUT2D eigenvalue weighted by Gasteiger charge is -2.26. The molecule has 0 aromatic heterocycles. The van der Waals surface area contributed by atoms with Crippen LogP contribution in [0.1, 0.15) is 35.2 Å². The third-order valence-electron chi connectivity index (χ3n) is 4.52. The molecule has 3 rings (SSSR count). The van der Waals surface area contributed by atoms with Crippen LogP contribution in [0.25, 0.3) is 11.1 Å². The molecule has 0 aliphatic carbocycles. The molecule has 1 aliphatic heterocycles. The molecule has 0 bridgehead atoms. The highest BCUT2D eigenvalue weighted by atomic mass is 16.5. The Morgan fingerprint density at radius 2 is 1.70 bits per heavy atom. The molecule has 3 heteroatoms. The predicted octanol–water partition coefficient (Wildman–Crippen LogP) is 4.30. The Hall–Kier alpha value is -2.29. The monoisotopic (exact) mass is 309 g/mol. The highest BCUT2D eigenvalue weighted by Crippen LogP contribution is 2.27. The van der Waals surface area contributed by atoms with Gasteiger partial charge in [-0.1, -0.05) is 18.2 Å². The van der Waals surface area contributed by atoms with Gasteiger partial charge in [0.1, 0.15) is 5.75 Å². The lowest BCUT2D eigenvalue weighted by molar-refractivity contribution is 0.0724. The summed E-state index contributed by atoms with van der Waals surface area (Å²) in [6.45, 7) is 3.85. The molecule has 2 aromatic carbocycles. The summed E-state index contributed by atoms with van der Waals surface area (Å²) in [5.74, 6) is 1.02. The number of amides is 1. The summed E-state index contributed by atoms with van der Waals surface area (Å²) in [6, 6.07) is 14.0. The molecule has 0 N–H and O–H groups in total. The summed E-state index contributed by atoms with van der Waals surface area (Å²) in [6.07, 6.45) is 3.48. The van der Waals surface area contributed by atoms with Crippen LogP contribution in [0.4, 0.5) is 0 Å². The molecule has 1 saturated heterocycles. The summed E-state index contributed by atoms with van der Waals surface area (Å²) >= 11 is 0. The Kier molecular flexibility index (Phi) is 4.65. The highest BCUT2D eigenvalue weighted by molar-refractivity contribution is 5.94. The van der Waals surface area contributed by atoms with Gasteiger partial charge in [-0.05, 0) is 67.1 Å². The van der Waals surface area contributed by atoms with E-state index in [1.165, 1.54) is 17.5 Å². The second-order valence-electron chi connectivity index (χ2n) is 6.11. The van der Waals surface area contributed by atoms with E-state index in [-0.39, 0.29) is 5.91 Å². The lowest BCUT2D eigenvalue weighted by atomic mass is 9.99. The Labute approximate surface area is 137 Å². The van der Waals surface area contributed by atoms with Crippen molar-refractivity contribution in [1.29, 1.82) is 0 Å². The third kappa shape index (κ3) is 3.39. The fraction of sp³-hybridized carbons (Fsp3) is 0.350. The fourth-order valence-corrected chi connectivity index (χ4v) is 3.16. The van der Waals surface area contributed by atoms with Gasteiger partial charge >= 0.3 is 0 Å². The van der Waals surface area contributed by atoms with E-state index >= 15 is 0 Å². The summed E-state index contributed by atoms with van der Waals surface area (Å²) in [5, 5.41) is 0. The first-order valence-corrected chi connectivity index (χ1v) is 8.23. The largest absolute Gasteiger partial charge is 0.497 e. The van der Waals surface area contributed by atoms with E-state index in [1.807, 2.05) is 41.3 Å². The number of aryl methyl sites for hydroxylation is 1. The summed E-state index contributed by atoms with van der Waals surface area (Å²) in [5.41, 5.74) is 4.24. The van der Waals surface area contributed by atoms with Crippen LogP contribution in [-0.4, -0.2) is 31.0 Å². The molecule has 120 valence electrons. The maximum absolute atomic E-state index is 12.5. The Bertz CT molecular complexity index is 685. The average molecular weight is 309 g/mol. The number of rotatable bonds is 3. The first-order valence-electron chi connectivity index (χ1n) is 8.23. The molecule has 23 heavy (non-hydrogen) atoms. The fourth-order valence-electron chi connectivity index (χ4n) is 3.16. The Morgan fingerprint density at radius 3 is 2.30 bits per heavy atom. The molecule has 0 atom stereocenters. The second-order valence-corrected chi connectivity index (χ2v) is 6.11. The van der Waals surface area contributed by atoms with Crippen LogP contribution < -0.4 is 4.74 Å². The third-order valence-corrected chi connectivity index (χ3v) is 4.52. The minimum atomic E-state index is 0.155. The highest BCUT2D eigenvalue weighted by Gasteiger charge is 2.18. The predicted molar refractivity (Wildman–Crippen MR) is 92.9 cm³/mol. The van der Waals surface area contributed by atoms with Gasteiger partial charge in [-0.2, -0.15) is 0 Å². The first kappa shape index (κ1) is 15.6. The van der Waals surface area contributed by atoms with Gasteiger partial charge in [0.2, 0.25) is 0 Å². The first-order chi connectivity index (χ1) is 11.2. The van der Waals surface area contributed by atoms with Crippen LogP contribution in [0.3, 0.4) is 0 Å². The van der Waals surface area contributed by atoms with Crippen LogP contribution in [0, 0.1) is 6.92 Å². The number of benzene rings is 2. The zero-order valence-corrected chi connectivity index (χ0v) is 13.8. The molecular weight excluding hydrogens is 286 g/mol. The van der Waals surface area contributed by atoms with Gasteiger partial charge in [0.25, 0.3) is 5.91 Å². The van der Waals surface area contributed by atoms with E-state index in [9.17, 15) is 4.79 Å². The van der Waals surface area contributed by atoms with Gasteiger partial charge in [-0.25, -0.2) is 0 Å². The summed E-state index contributed by atoms with van der Waals surface area (Å²) in [4.78, 5) is 14.5.